The minimum absolute atomic E-state index is 0.0869. The van der Waals surface area contributed by atoms with E-state index in [1.165, 1.54) is 0 Å². The molecule has 0 radical (unpaired) electrons. The van der Waals surface area contributed by atoms with Gasteiger partial charge in [-0.15, -0.1) is 10.2 Å². The number of methoxy groups -OCH3 is 1. The van der Waals surface area contributed by atoms with E-state index in [1.54, 1.807) is 7.11 Å². The molecule has 1 heterocycles. The zero-order valence-electron chi connectivity index (χ0n) is 9.03. The summed E-state index contributed by atoms with van der Waals surface area (Å²) in [6.45, 7) is 5.50. The normalized spacial score (nSPS) is 13.1. The largest absolute Gasteiger partial charge is 0.385 e. The number of hydrogen-bond donors (Lipinski definition) is 1. The van der Waals surface area contributed by atoms with Crippen LogP contribution in [0, 0.1) is 6.92 Å². The number of aryl methyl sites for hydroxylation is 1. The van der Waals surface area contributed by atoms with Crippen LogP contribution in [-0.2, 0) is 11.3 Å². The Kier molecular flexibility index (Phi) is 4.03. The third-order valence-electron chi connectivity index (χ3n) is 2.25. The third kappa shape index (κ3) is 2.30. The van der Waals surface area contributed by atoms with Crippen molar-refractivity contribution in [1.82, 2.24) is 14.8 Å². The molecule has 0 aromatic carbocycles. The van der Waals surface area contributed by atoms with E-state index in [0.717, 1.165) is 24.6 Å². The lowest BCUT2D eigenvalue weighted by Crippen LogP contribution is -2.18. The van der Waals surface area contributed by atoms with Crippen LogP contribution in [-0.4, -0.2) is 28.5 Å². The predicted octanol–water partition coefficient (Wildman–Crippen LogP) is 0.643. The van der Waals surface area contributed by atoms with Gasteiger partial charge in [-0.1, -0.05) is 0 Å². The van der Waals surface area contributed by atoms with Crippen molar-refractivity contribution in [1.29, 1.82) is 0 Å². The van der Waals surface area contributed by atoms with E-state index < -0.39 is 0 Å². The zero-order chi connectivity index (χ0) is 10.6. The van der Waals surface area contributed by atoms with Crippen LogP contribution in [0.5, 0.6) is 0 Å². The first-order valence-corrected chi connectivity index (χ1v) is 4.84. The van der Waals surface area contributed by atoms with Gasteiger partial charge in [-0.3, -0.25) is 0 Å². The second-order valence-corrected chi connectivity index (χ2v) is 3.24. The zero-order valence-corrected chi connectivity index (χ0v) is 9.03. The van der Waals surface area contributed by atoms with Gasteiger partial charge in [0.2, 0.25) is 0 Å². The molecule has 0 aliphatic rings. The molecule has 0 fully saturated rings. The molecule has 0 spiro atoms. The number of rotatable bonds is 5. The lowest BCUT2D eigenvalue weighted by molar-refractivity contribution is 0.186. The molecule has 5 heteroatoms. The first-order chi connectivity index (χ1) is 6.70. The molecule has 0 aliphatic carbocycles. The summed E-state index contributed by atoms with van der Waals surface area (Å²) in [7, 11) is 1.67. The Bertz CT molecular complexity index is 284. The Morgan fingerprint density at radius 3 is 2.79 bits per heavy atom. The van der Waals surface area contributed by atoms with Gasteiger partial charge in [-0.25, -0.2) is 0 Å². The smallest absolute Gasteiger partial charge is 0.150 e. The Morgan fingerprint density at radius 2 is 2.21 bits per heavy atom. The van der Waals surface area contributed by atoms with E-state index >= 15 is 0 Å². The van der Waals surface area contributed by atoms with Gasteiger partial charge in [0.25, 0.3) is 0 Å². The highest BCUT2D eigenvalue weighted by Gasteiger charge is 2.14. The van der Waals surface area contributed by atoms with Crippen LogP contribution < -0.4 is 5.73 Å². The van der Waals surface area contributed by atoms with Gasteiger partial charge in [0, 0.05) is 20.3 Å². The van der Waals surface area contributed by atoms with Crippen molar-refractivity contribution in [3.05, 3.63) is 11.6 Å². The van der Waals surface area contributed by atoms with Crippen molar-refractivity contribution in [3.8, 4) is 0 Å². The summed E-state index contributed by atoms with van der Waals surface area (Å²) in [5, 5.41) is 8.08. The molecule has 2 N–H and O–H groups in total. The van der Waals surface area contributed by atoms with Gasteiger partial charge in [0.1, 0.15) is 11.6 Å². The number of hydrogen-bond acceptors (Lipinski definition) is 4. The first kappa shape index (κ1) is 11.1. The molecule has 14 heavy (non-hydrogen) atoms. The molecule has 80 valence electrons. The van der Waals surface area contributed by atoms with Crippen LogP contribution in [0.3, 0.4) is 0 Å². The topological polar surface area (TPSA) is 66.0 Å². The van der Waals surface area contributed by atoms with Crippen LogP contribution in [0.25, 0.3) is 0 Å². The van der Waals surface area contributed by atoms with Crippen LogP contribution in [0.4, 0.5) is 0 Å². The van der Waals surface area contributed by atoms with E-state index in [9.17, 15) is 0 Å². The van der Waals surface area contributed by atoms with E-state index in [2.05, 4.69) is 17.1 Å². The summed E-state index contributed by atoms with van der Waals surface area (Å²) >= 11 is 0. The minimum Gasteiger partial charge on any atom is -0.385 e. The Labute approximate surface area is 84.3 Å². The average Bonchev–Trinajstić information content (AvgIpc) is 2.55. The van der Waals surface area contributed by atoms with Crippen molar-refractivity contribution in [2.45, 2.75) is 32.9 Å². The van der Waals surface area contributed by atoms with Crippen LogP contribution in [0.1, 0.15) is 31.0 Å². The highest BCUT2D eigenvalue weighted by molar-refractivity contribution is 4.99. The van der Waals surface area contributed by atoms with Crippen molar-refractivity contribution >= 4 is 0 Å². The van der Waals surface area contributed by atoms with E-state index in [0.29, 0.717) is 6.61 Å². The number of ether oxygens (including phenoxy) is 1. The maximum absolute atomic E-state index is 5.97. The van der Waals surface area contributed by atoms with Crippen LogP contribution in [0.15, 0.2) is 0 Å². The van der Waals surface area contributed by atoms with Crippen molar-refractivity contribution in [2.75, 3.05) is 13.7 Å². The Balaban J connectivity index is 2.73. The van der Waals surface area contributed by atoms with Gasteiger partial charge in [-0.05, 0) is 20.3 Å². The maximum Gasteiger partial charge on any atom is 0.150 e. The monoisotopic (exact) mass is 198 g/mol. The van der Waals surface area contributed by atoms with E-state index in [-0.39, 0.29) is 6.04 Å². The van der Waals surface area contributed by atoms with Crippen molar-refractivity contribution in [2.24, 2.45) is 5.73 Å². The summed E-state index contributed by atoms with van der Waals surface area (Å²) in [6.07, 6.45) is 0.772. The second-order valence-electron chi connectivity index (χ2n) is 3.24. The van der Waals surface area contributed by atoms with Crippen LogP contribution in [0.2, 0.25) is 0 Å². The molecule has 0 bridgehead atoms. The van der Waals surface area contributed by atoms with Gasteiger partial charge < -0.3 is 15.0 Å². The van der Waals surface area contributed by atoms with Gasteiger partial charge in [-0.2, -0.15) is 0 Å². The second kappa shape index (κ2) is 5.07. The fraction of sp³-hybridized carbons (Fsp3) is 0.778. The summed E-state index contributed by atoms with van der Waals surface area (Å²) in [5.74, 6) is 1.76. The highest BCUT2D eigenvalue weighted by atomic mass is 16.5. The summed E-state index contributed by atoms with van der Waals surface area (Å²) in [4.78, 5) is 0. The van der Waals surface area contributed by atoms with E-state index in [1.807, 2.05) is 11.5 Å². The lowest BCUT2D eigenvalue weighted by atomic mass is 10.2. The SMILES string of the molecule is CCn1c(C)nnc1C(N)CCOC. The molecule has 1 aromatic heterocycles. The number of nitrogens with two attached hydrogens (primary N) is 1. The minimum atomic E-state index is -0.0869. The van der Waals surface area contributed by atoms with Gasteiger partial charge in [0.05, 0.1) is 6.04 Å². The fourth-order valence-corrected chi connectivity index (χ4v) is 1.44. The molecule has 0 saturated heterocycles. The molecule has 1 rings (SSSR count). The molecule has 5 nitrogen and oxygen atoms in total. The van der Waals surface area contributed by atoms with Crippen molar-refractivity contribution < 1.29 is 4.74 Å². The molecule has 0 aliphatic heterocycles. The molecule has 1 atom stereocenters. The number of nitrogens with zero attached hydrogens (tertiary/aromatic N) is 3. The molecular formula is C9H18N4O. The van der Waals surface area contributed by atoms with E-state index in [4.69, 9.17) is 10.5 Å². The lowest BCUT2D eigenvalue weighted by Gasteiger charge is -2.11. The Morgan fingerprint density at radius 1 is 1.50 bits per heavy atom. The first-order valence-electron chi connectivity index (χ1n) is 4.84. The van der Waals surface area contributed by atoms with Gasteiger partial charge in [0.15, 0.2) is 0 Å². The molecule has 0 saturated carbocycles. The third-order valence-corrected chi connectivity index (χ3v) is 2.25. The van der Waals surface area contributed by atoms with Crippen LogP contribution >= 0.6 is 0 Å². The summed E-state index contributed by atoms with van der Waals surface area (Å²) < 4.78 is 7.00. The van der Waals surface area contributed by atoms with Gasteiger partial charge >= 0.3 is 0 Å². The quantitative estimate of drug-likeness (QED) is 0.754. The molecule has 1 unspecified atom stereocenters. The predicted molar refractivity (Wildman–Crippen MR) is 53.9 cm³/mol. The summed E-state index contributed by atoms with van der Waals surface area (Å²) in [5.41, 5.74) is 5.97. The van der Waals surface area contributed by atoms with Crippen molar-refractivity contribution in [3.63, 3.8) is 0 Å². The molecule has 0 amide bonds. The highest BCUT2D eigenvalue weighted by Crippen LogP contribution is 2.12. The average molecular weight is 198 g/mol. The fourth-order valence-electron chi connectivity index (χ4n) is 1.44. The Hall–Kier alpha value is -0.940. The standard InChI is InChI=1S/C9H18N4O/c1-4-13-7(2)11-12-9(13)8(10)5-6-14-3/h8H,4-6,10H2,1-3H3. The molecule has 1 aromatic rings. The molecular weight excluding hydrogens is 180 g/mol. The summed E-state index contributed by atoms with van der Waals surface area (Å²) in [6, 6.07) is -0.0869. The number of aromatic nitrogens is 3. The maximum atomic E-state index is 5.97.